The van der Waals surface area contributed by atoms with Gasteiger partial charge in [-0.05, 0) is 74.3 Å². The number of rotatable bonds is 3. The van der Waals surface area contributed by atoms with Gasteiger partial charge in [-0.15, -0.1) is 5.92 Å². The van der Waals surface area contributed by atoms with Crippen molar-refractivity contribution in [1.82, 2.24) is 4.90 Å². The number of hydrogen-bond acceptors (Lipinski definition) is 5. The summed E-state index contributed by atoms with van der Waals surface area (Å²) in [6.07, 6.45) is 1.78. The molecule has 1 aliphatic carbocycles. The van der Waals surface area contributed by atoms with Gasteiger partial charge in [0.05, 0.1) is 12.7 Å². The molecular formula is C26H31NO5. The summed E-state index contributed by atoms with van der Waals surface area (Å²) in [6, 6.07) is 3.91. The highest BCUT2D eigenvalue weighted by Crippen LogP contribution is 2.42. The molecule has 1 amide bonds. The highest BCUT2D eigenvalue weighted by atomic mass is 16.7. The average molecular weight is 438 g/mol. The largest absolute Gasteiger partial charge is 0.513 e. The van der Waals surface area contributed by atoms with E-state index in [1.54, 1.807) is 13.8 Å². The van der Waals surface area contributed by atoms with Gasteiger partial charge in [-0.25, -0.2) is 4.79 Å². The van der Waals surface area contributed by atoms with Gasteiger partial charge in [-0.3, -0.25) is 9.59 Å². The standard InChI is InChI=1S/C26H31NO5/c1-6-7-19-12-16(2)24(17(3)13-19)25-22(29)14-21(15-23(25)32-26(30)31-5)20-8-10-27(11-9-20)18(4)28/h12-13,20-21H,8-11,14-15H2,1-5H3. The lowest BCUT2D eigenvalue weighted by Gasteiger charge is -2.37. The molecule has 0 aromatic heterocycles. The van der Waals surface area contributed by atoms with Crippen molar-refractivity contribution in [2.24, 2.45) is 11.8 Å². The average Bonchev–Trinajstić information content (AvgIpc) is 2.75. The van der Waals surface area contributed by atoms with Gasteiger partial charge >= 0.3 is 6.16 Å². The van der Waals surface area contributed by atoms with Gasteiger partial charge in [-0.1, -0.05) is 5.92 Å². The first kappa shape index (κ1) is 23.6. The molecule has 32 heavy (non-hydrogen) atoms. The summed E-state index contributed by atoms with van der Waals surface area (Å²) >= 11 is 0. The lowest BCUT2D eigenvalue weighted by Crippen LogP contribution is -2.40. The van der Waals surface area contributed by atoms with Crippen molar-refractivity contribution in [1.29, 1.82) is 0 Å². The van der Waals surface area contributed by atoms with Crippen LogP contribution in [0.5, 0.6) is 0 Å². The molecule has 1 aromatic carbocycles. The predicted octanol–water partition coefficient (Wildman–Crippen LogP) is 4.41. The summed E-state index contributed by atoms with van der Waals surface area (Å²) in [5.41, 5.74) is 4.01. The number of hydrogen-bond donors (Lipinski definition) is 0. The number of amides is 1. The SMILES string of the molecule is CC#Cc1cc(C)c(C2=C(OC(=O)OC)CC(C3CCN(C(C)=O)CC3)CC2=O)c(C)c1. The quantitative estimate of drug-likeness (QED) is 0.517. The van der Waals surface area contributed by atoms with Crippen LogP contribution < -0.4 is 0 Å². The number of carbonyl (C=O) groups excluding carboxylic acids is 3. The highest BCUT2D eigenvalue weighted by Gasteiger charge is 2.37. The van der Waals surface area contributed by atoms with E-state index >= 15 is 0 Å². The molecule has 170 valence electrons. The van der Waals surface area contributed by atoms with Crippen molar-refractivity contribution in [3.8, 4) is 11.8 Å². The van der Waals surface area contributed by atoms with Crippen LogP contribution in [0.15, 0.2) is 17.9 Å². The van der Waals surface area contributed by atoms with Crippen LogP contribution in [-0.4, -0.2) is 42.9 Å². The Morgan fingerprint density at radius 3 is 2.22 bits per heavy atom. The predicted molar refractivity (Wildman–Crippen MR) is 122 cm³/mol. The summed E-state index contributed by atoms with van der Waals surface area (Å²) in [5.74, 6) is 6.79. The van der Waals surface area contributed by atoms with E-state index in [0.29, 0.717) is 43.2 Å². The van der Waals surface area contributed by atoms with Crippen molar-refractivity contribution in [2.45, 2.75) is 53.4 Å². The molecule has 0 N–H and O–H groups in total. The molecule has 1 saturated heterocycles. The summed E-state index contributed by atoms with van der Waals surface area (Å²) in [4.78, 5) is 39.0. The Bertz CT molecular complexity index is 995. The number of allylic oxidation sites excluding steroid dienone is 2. The molecule has 6 heteroatoms. The zero-order valence-electron chi connectivity index (χ0n) is 19.5. The highest BCUT2D eigenvalue weighted by molar-refractivity contribution is 6.23. The van der Waals surface area contributed by atoms with E-state index < -0.39 is 6.16 Å². The van der Waals surface area contributed by atoms with Crippen LogP contribution in [0.25, 0.3) is 5.57 Å². The van der Waals surface area contributed by atoms with Gasteiger partial charge in [0.1, 0.15) is 5.76 Å². The zero-order valence-corrected chi connectivity index (χ0v) is 19.5. The number of aryl methyl sites for hydroxylation is 2. The molecule has 1 heterocycles. The molecular weight excluding hydrogens is 406 g/mol. The van der Waals surface area contributed by atoms with Crippen molar-refractivity contribution in [2.75, 3.05) is 20.2 Å². The van der Waals surface area contributed by atoms with E-state index in [-0.39, 0.29) is 17.6 Å². The molecule has 1 aromatic rings. The number of methoxy groups -OCH3 is 1. The number of ether oxygens (including phenoxy) is 2. The number of nitrogens with zero attached hydrogens (tertiary/aromatic N) is 1. The molecule has 0 radical (unpaired) electrons. The molecule has 3 rings (SSSR count). The molecule has 0 bridgehead atoms. The summed E-state index contributed by atoms with van der Waals surface area (Å²) < 4.78 is 10.3. The Hall–Kier alpha value is -3.07. The molecule has 0 spiro atoms. The van der Waals surface area contributed by atoms with Gasteiger partial charge in [0.25, 0.3) is 0 Å². The van der Waals surface area contributed by atoms with Crippen LogP contribution in [0.1, 0.15) is 61.8 Å². The van der Waals surface area contributed by atoms with Crippen LogP contribution >= 0.6 is 0 Å². The second-order valence-corrected chi connectivity index (χ2v) is 8.65. The maximum Gasteiger partial charge on any atom is 0.513 e. The van der Waals surface area contributed by atoms with Crippen molar-refractivity contribution < 1.29 is 23.9 Å². The smallest absolute Gasteiger partial charge is 0.437 e. The van der Waals surface area contributed by atoms with Crippen LogP contribution in [0.3, 0.4) is 0 Å². The van der Waals surface area contributed by atoms with Crippen LogP contribution in [0.4, 0.5) is 4.79 Å². The minimum atomic E-state index is -0.818. The molecule has 1 aliphatic heterocycles. The van der Waals surface area contributed by atoms with Crippen LogP contribution in [0.2, 0.25) is 0 Å². The minimum absolute atomic E-state index is 0.0188. The number of carbonyl (C=O) groups is 3. The molecule has 2 aliphatic rings. The fourth-order valence-electron chi connectivity index (χ4n) is 5.02. The van der Waals surface area contributed by atoms with E-state index in [0.717, 1.165) is 35.1 Å². The monoisotopic (exact) mass is 437 g/mol. The first-order valence-corrected chi connectivity index (χ1v) is 11.1. The summed E-state index contributed by atoms with van der Waals surface area (Å²) in [5, 5.41) is 0. The van der Waals surface area contributed by atoms with Crippen LogP contribution in [0, 0.1) is 37.5 Å². The Labute approximate surface area is 189 Å². The van der Waals surface area contributed by atoms with Gasteiger partial charge in [0.15, 0.2) is 5.78 Å². The molecule has 1 unspecified atom stereocenters. The Morgan fingerprint density at radius 1 is 1.06 bits per heavy atom. The third-order valence-electron chi connectivity index (χ3n) is 6.53. The van der Waals surface area contributed by atoms with Crippen molar-refractivity contribution in [3.05, 3.63) is 40.1 Å². The van der Waals surface area contributed by atoms with Gasteiger partial charge in [0.2, 0.25) is 5.91 Å². The topological polar surface area (TPSA) is 72.9 Å². The number of benzene rings is 1. The molecule has 6 nitrogen and oxygen atoms in total. The molecule has 0 saturated carbocycles. The fraction of sp³-hybridized carbons (Fsp3) is 0.500. The second kappa shape index (κ2) is 10.0. The van der Waals surface area contributed by atoms with E-state index in [9.17, 15) is 14.4 Å². The third kappa shape index (κ3) is 5.04. The lowest BCUT2D eigenvalue weighted by atomic mass is 9.73. The van der Waals surface area contributed by atoms with E-state index in [1.807, 2.05) is 30.9 Å². The number of ketones is 1. The first-order chi connectivity index (χ1) is 15.2. The number of likely N-dealkylation sites (tertiary alicyclic amines) is 1. The van der Waals surface area contributed by atoms with E-state index in [2.05, 4.69) is 11.8 Å². The minimum Gasteiger partial charge on any atom is -0.437 e. The fourth-order valence-corrected chi connectivity index (χ4v) is 5.02. The zero-order chi connectivity index (χ0) is 23.4. The van der Waals surface area contributed by atoms with Crippen LogP contribution in [-0.2, 0) is 19.1 Å². The van der Waals surface area contributed by atoms with Crippen molar-refractivity contribution >= 4 is 23.4 Å². The first-order valence-electron chi connectivity index (χ1n) is 11.1. The maximum atomic E-state index is 13.4. The van der Waals surface area contributed by atoms with E-state index in [1.165, 1.54) is 7.11 Å². The van der Waals surface area contributed by atoms with Crippen molar-refractivity contribution in [3.63, 3.8) is 0 Å². The number of Topliss-reactive ketones (excluding diaryl/α,β-unsaturated/α-hetero) is 1. The molecule has 1 atom stereocenters. The lowest BCUT2D eigenvalue weighted by molar-refractivity contribution is -0.130. The maximum absolute atomic E-state index is 13.4. The van der Waals surface area contributed by atoms with Gasteiger partial charge in [-0.2, -0.15) is 0 Å². The van der Waals surface area contributed by atoms with Gasteiger partial charge < -0.3 is 14.4 Å². The number of piperidine rings is 1. The van der Waals surface area contributed by atoms with Gasteiger partial charge in [0, 0.05) is 38.4 Å². The summed E-state index contributed by atoms with van der Waals surface area (Å²) in [6.45, 7) is 8.67. The normalized spacial score (nSPS) is 19.3. The Balaban J connectivity index is 1.97. The second-order valence-electron chi connectivity index (χ2n) is 8.65. The third-order valence-corrected chi connectivity index (χ3v) is 6.53. The Kier molecular flexibility index (Phi) is 7.40. The summed E-state index contributed by atoms with van der Waals surface area (Å²) in [7, 11) is 1.26. The molecule has 1 fully saturated rings. The van der Waals surface area contributed by atoms with E-state index in [4.69, 9.17) is 9.47 Å². The Morgan fingerprint density at radius 2 is 1.69 bits per heavy atom.